The second-order valence-corrected chi connectivity index (χ2v) is 3.54. The maximum atomic E-state index is 13.0. The molecule has 0 amide bonds. The van der Waals surface area contributed by atoms with E-state index < -0.39 is 0 Å². The Kier molecular flexibility index (Phi) is 3.10. The number of rotatable bonds is 3. The summed E-state index contributed by atoms with van der Waals surface area (Å²) in [6, 6.07) is 5.23. The lowest BCUT2D eigenvalue weighted by molar-refractivity contribution is 0.616. The molecule has 1 unspecified atom stereocenters. The minimum atomic E-state index is -0.322. The van der Waals surface area contributed by atoms with E-state index in [0.717, 1.165) is 11.3 Å². The summed E-state index contributed by atoms with van der Waals surface area (Å²) in [6.07, 6.45) is 6.28. The third-order valence-electron chi connectivity index (χ3n) is 2.27. The number of nitrogens with one attached hydrogen (secondary N) is 1. The van der Waals surface area contributed by atoms with E-state index in [1.807, 2.05) is 19.1 Å². The van der Waals surface area contributed by atoms with Crippen molar-refractivity contribution >= 4 is 5.69 Å². The first-order valence-electron chi connectivity index (χ1n) is 5.03. The average Bonchev–Trinajstić information content (AvgIpc) is 2.30. The molecular formula is C12H12FN3. The van der Waals surface area contributed by atoms with Gasteiger partial charge in [0.25, 0.3) is 0 Å². The summed E-state index contributed by atoms with van der Waals surface area (Å²) in [6.45, 7) is 1.95. The van der Waals surface area contributed by atoms with Gasteiger partial charge in [-0.3, -0.25) is 9.97 Å². The van der Waals surface area contributed by atoms with Crippen LogP contribution in [0.25, 0.3) is 0 Å². The molecule has 1 N–H and O–H groups in total. The van der Waals surface area contributed by atoms with Crippen molar-refractivity contribution in [2.24, 2.45) is 0 Å². The van der Waals surface area contributed by atoms with E-state index in [4.69, 9.17) is 0 Å². The topological polar surface area (TPSA) is 37.8 Å². The molecule has 2 rings (SSSR count). The summed E-state index contributed by atoms with van der Waals surface area (Å²) in [5, 5.41) is 3.22. The molecule has 0 aliphatic carbocycles. The van der Waals surface area contributed by atoms with Crippen LogP contribution in [0.15, 0.2) is 43.0 Å². The van der Waals surface area contributed by atoms with Crippen LogP contribution in [0.4, 0.5) is 10.1 Å². The second kappa shape index (κ2) is 4.70. The zero-order valence-electron chi connectivity index (χ0n) is 8.89. The van der Waals surface area contributed by atoms with Gasteiger partial charge in [-0.15, -0.1) is 0 Å². The monoisotopic (exact) mass is 217 g/mol. The predicted octanol–water partition coefficient (Wildman–Crippen LogP) is 2.79. The standard InChI is InChI=1S/C12H12FN3/c1-9(10-5-11(13)7-15-6-10)16-12-3-2-4-14-8-12/h2-9,16H,1H3. The second-order valence-electron chi connectivity index (χ2n) is 3.54. The minimum absolute atomic E-state index is 0.00704. The highest BCUT2D eigenvalue weighted by Gasteiger charge is 2.06. The van der Waals surface area contributed by atoms with Crippen molar-refractivity contribution in [1.82, 2.24) is 9.97 Å². The molecule has 0 radical (unpaired) electrons. The molecule has 4 heteroatoms. The molecule has 2 aromatic heterocycles. The summed E-state index contributed by atoms with van der Waals surface area (Å²) in [5.41, 5.74) is 1.71. The highest BCUT2D eigenvalue weighted by molar-refractivity contribution is 5.42. The van der Waals surface area contributed by atoms with E-state index in [2.05, 4.69) is 15.3 Å². The lowest BCUT2D eigenvalue weighted by Crippen LogP contribution is -2.07. The van der Waals surface area contributed by atoms with E-state index in [-0.39, 0.29) is 11.9 Å². The lowest BCUT2D eigenvalue weighted by Gasteiger charge is -2.14. The van der Waals surface area contributed by atoms with Gasteiger partial charge in [0, 0.05) is 18.6 Å². The van der Waals surface area contributed by atoms with Crippen LogP contribution in [0.1, 0.15) is 18.5 Å². The van der Waals surface area contributed by atoms with Crippen LogP contribution >= 0.6 is 0 Å². The third kappa shape index (κ3) is 2.53. The number of nitrogens with zero attached hydrogens (tertiary/aromatic N) is 2. The van der Waals surface area contributed by atoms with Crippen molar-refractivity contribution in [2.75, 3.05) is 5.32 Å². The molecule has 3 nitrogen and oxygen atoms in total. The van der Waals surface area contributed by atoms with Crippen LogP contribution < -0.4 is 5.32 Å². The van der Waals surface area contributed by atoms with Crippen molar-refractivity contribution < 1.29 is 4.39 Å². The van der Waals surface area contributed by atoms with E-state index >= 15 is 0 Å². The zero-order valence-corrected chi connectivity index (χ0v) is 8.89. The van der Waals surface area contributed by atoms with E-state index in [9.17, 15) is 4.39 Å². The third-order valence-corrected chi connectivity index (χ3v) is 2.27. The van der Waals surface area contributed by atoms with Gasteiger partial charge in [-0.1, -0.05) is 0 Å². The number of pyridine rings is 2. The van der Waals surface area contributed by atoms with Gasteiger partial charge in [-0.25, -0.2) is 4.39 Å². The molecule has 82 valence electrons. The van der Waals surface area contributed by atoms with Gasteiger partial charge >= 0.3 is 0 Å². The summed E-state index contributed by atoms with van der Waals surface area (Å²) in [4.78, 5) is 7.81. The zero-order chi connectivity index (χ0) is 11.4. The number of anilines is 1. The molecule has 0 aliphatic heterocycles. The van der Waals surface area contributed by atoms with Crippen molar-refractivity contribution in [2.45, 2.75) is 13.0 Å². The number of hydrogen-bond donors (Lipinski definition) is 1. The fourth-order valence-electron chi connectivity index (χ4n) is 1.45. The molecular weight excluding hydrogens is 205 g/mol. The first kappa shape index (κ1) is 10.5. The van der Waals surface area contributed by atoms with Crippen molar-refractivity contribution in [1.29, 1.82) is 0 Å². The van der Waals surface area contributed by atoms with Gasteiger partial charge in [0.1, 0.15) is 5.82 Å². The van der Waals surface area contributed by atoms with Gasteiger partial charge in [-0.05, 0) is 30.7 Å². The Bertz CT molecular complexity index is 459. The number of hydrogen-bond acceptors (Lipinski definition) is 3. The number of halogens is 1. The Hall–Kier alpha value is -1.97. The first-order valence-corrected chi connectivity index (χ1v) is 5.03. The lowest BCUT2D eigenvalue weighted by atomic mass is 10.1. The van der Waals surface area contributed by atoms with Crippen LogP contribution in [-0.2, 0) is 0 Å². The highest BCUT2D eigenvalue weighted by atomic mass is 19.1. The Morgan fingerprint density at radius 1 is 1.25 bits per heavy atom. The molecule has 0 spiro atoms. The molecule has 0 saturated carbocycles. The Morgan fingerprint density at radius 3 is 2.81 bits per heavy atom. The molecule has 16 heavy (non-hydrogen) atoms. The summed E-state index contributed by atoms with van der Waals surface area (Å²) in [5.74, 6) is -0.322. The summed E-state index contributed by atoms with van der Waals surface area (Å²) >= 11 is 0. The van der Waals surface area contributed by atoms with E-state index in [1.165, 1.54) is 12.3 Å². The predicted molar refractivity (Wildman–Crippen MR) is 60.5 cm³/mol. The molecule has 1 atom stereocenters. The quantitative estimate of drug-likeness (QED) is 0.859. The van der Waals surface area contributed by atoms with Crippen LogP contribution in [0, 0.1) is 5.82 Å². The molecule has 0 bridgehead atoms. The van der Waals surface area contributed by atoms with Crippen LogP contribution in [0.5, 0.6) is 0 Å². The molecule has 0 aromatic carbocycles. The fraction of sp³-hybridized carbons (Fsp3) is 0.167. The van der Waals surface area contributed by atoms with Crippen LogP contribution in [-0.4, -0.2) is 9.97 Å². The van der Waals surface area contributed by atoms with Gasteiger partial charge in [0.15, 0.2) is 0 Å². The fourth-order valence-corrected chi connectivity index (χ4v) is 1.45. The average molecular weight is 217 g/mol. The normalized spacial score (nSPS) is 12.1. The van der Waals surface area contributed by atoms with E-state index in [1.54, 1.807) is 18.6 Å². The van der Waals surface area contributed by atoms with Crippen LogP contribution in [0.2, 0.25) is 0 Å². The SMILES string of the molecule is CC(Nc1cccnc1)c1cncc(F)c1. The first-order chi connectivity index (χ1) is 7.75. The van der Waals surface area contributed by atoms with Gasteiger partial charge < -0.3 is 5.32 Å². The summed E-state index contributed by atoms with van der Waals surface area (Å²) in [7, 11) is 0. The molecule has 2 aromatic rings. The van der Waals surface area contributed by atoms with Gasteiger partial charge in [-0.2, -0.15) is 0 Å². The Balaban J connectivity index is 2.12. The summed E-state index contributed by atoms with van der Waals surface area (Å²) < 4.78 is 13.0. The molecule has 0 saturated heterocycles. The molecule has 2 heterocycles. The minimum Gasteiger partial charge on any atom is -0.377 e. The maximum Gasteiger partial charge on any atom is 0.141 e. The largest absolute Gasteiger partial charge is 0.377 e. The number of aromatic nitrogens is 2. The molecule has 0 fully saturated rings. The Morgan fingerprint density at radius 2 is 2.12 bits per heavy atom. The smallest absolute Gasteiger partial charge is 0.141 e. The van der Waals surface area contributed by atoms with Gasteiger partial charge in [0.05, 0.1) is 17.9 Å². The highest BCUT2D eigenvalue weighted by Crippen LogP contribution is 2.17. The van der Waals surface area contributed by atoms with Crippen molar-refractivity contribution in [3.8, 4) is 0 Å². The van der Waals surface area contributed by atoms with Gasteiger partial charge in [0.2, 0.25) is 0 Å². The Labute approximate surface area is 93.4 Å². The van der Waals surface area contributed by atoms with E-state index in [0.29, 0.717) is 0 Å². The maximum absolute atomic E-state index is 13.0. The van der Waals surface area contributed by atoms with Crippen molar-refractivity contribution in [3.63, 3.8) is 0 Å². The van der Waals surface area contributed by atoms with Crippen LogP contribution in [0.3, 0.4) is 0 Å². The van der Waals surface area contributed by atoms with Crippen molar-refractivity contribution in [3.05, 3.63) is 54.4 Å². The molecule has 0 aliphatic rings.